The minimum absolute atomic E-state index is 0.0978. The van der Waals surface area contributed by atoms with Gasteiger partial charge in [-0.05, 0) is 32.0 Å². The second-order valence-corrected chi connectivity index (χ2v) is 9.19. The molecule has 0 aliphatic carbocycles. The number of amides is 2. The highest BCUT2D eigenvalue weighted by molar-refractivity contribution is 7.20. The molecule has 31 heavy (non-hydrogen) atoms. The van der Waals surface area contributed by atoms with Crippen molar-refractivity contribution in [2.24, 2.45) is 0 Å². The van der Waals surface area contributed by atoms with Crippen LogP contribution in [0.5, 0.6) is 0 Å². The van der Waals surface area contributed by atoms with Crippen LogP contribution < -0.4 is 0 Å². The average Bonchev–Trinajstić information content (AvgIpc) is 3.19. The maximum atomic E-state index is 13.1. The predicted octanol–water partition coefficient (Wildman–Crippen LogP) is 1.75. The molecule has 0 saturated carbocycles. The number of piperidine rings is 1. The lowest BCUT2D eigenvalue weighted by atomic mass is 10.0. The summed E-state index contributed by atoms with van der Waals surface area (Å²) in [6, 6.07) is 3.81. The number of aromatic nitrogens is 1. The van der Waals surface area contributed by atoms with Gasteiger partial charge in [0.05, 0.1) is 26.3 Å². The van der Waals surface area contributed by atoms with Gasteiger partial charge in [0.2, 0.25) is 5.91 Å². The van der Waals surface area contributed by atoms with Gasteiger partial charge in [0, 0.05) is 37.3 Å². The topological polar surface area (TPSA) is 86.2 Å². The quantitative estimate of drug-likeness (QED) is 0.728. The Hall–Kier alpha value is -2.07. The highest BCUT2D eigenvalue weighted by Gasteiger charge is 2.33. The minimum Gasteiger partial charge on any atom is -0.395 e. The molecule has 2 aromatic rings. The maximum absolute atomic E-state index is 13.1. The molecule has 1 N–H and O–H groups in total. The Kier molecular flexibility index (Phi) is 7.16. The number of morpholine rings is 1. The lowest BCUT2D eigenvalue weighted by Gasteiger charge is -2.35. The summed E-state index contributed by atoms with van der Waals surface area (Å²) in [5.41, 5.74) is 0.804. The molecule has 0 radical (unpaired) electrons. The summed E-state index contributed by atoms with van der Waals surface area (Å²) < 4.78 is 6.08. The largest absolute Gasteiger partial charge is 0.395 e. The second-order valence-electron chi connectivity index (χ2n) is 8.19. The Morgan fingerprint density at radius 3 is 2.87 bits per heavy atom. The molecule has 9 heteroatoms. The fraction of sp³-hybridized carbons (Fsp3) is 0.591. The van der Waals surface area contributed by atoms with E-state index in [9.17, 15) is 14.7 Å². The van der Waals surface area contributed by atoms with Gasteiger partial charge in [0.1, 0.15) is 15.8 Å². The van der Waals surface area contributed by atoms with Crippen LogP contribution in [-0.2, 0) is 9.53 Å². The van der Waals surface area contributed by atoms with E-state index in [1.54, 1.807) is 13.2 Å². The molecule has 2 amide bonds. The number of likely N-dealkylation sites (N-methyl/N-ethyl adjacent to an activating group) is 1. The average molecular weight is 447 g/mol. The van der Waals surface area contributed by atoms with Crippen molar-refractivity contribution in [3.05, 3.63) is 28.8 Å². The number of aliphatic hydroxyl groups is 1. The molecule has 0 aromatic carbocycles. The zero-order valence-electron chi connectivity index (χ0n) is 18.0. The first kappa shape index (κ1) is 22.1. The third-order valence-corrected chi connectivity index (χ3v) is 7.15. The first-order valence-corrected chi connectivity index (χ1v) is 11.8. The molecule has 2 saturated heterocycles. The van der Waals surface area contributed by atoms with E-state index in [-0.39, 0.29) is 31.1 Å². The van der Waals surface area contributed by atoms with Gasteiger partial charge in [-0.15, -0.1) is 11.3 Å². The van der Waals surface area contributed by atoms with Crippen molar-refractivity contribution in [3.63, 3.8) is 0 Å². The number of hydrogen-bond donors (Lipinski definition) is 1. The van der Waals surface area contributed by atoms with Crippen molar-refractivity contribution in [1.29, 1.82) is 0 Å². The van der Waals surface area contributed by atoms with Crippen molar-refractivity contribution >= 4 is 33.4 Å². The SMILES string of the molecule is CN(CCO)C(=O)c1sc2ncccc2c1[C@@H]1CN(C(=O)CN2CCCCC2)CCO1. The van der Waals surface area contributed by atoms with E-state index in [4.69, 9.17) is 4.74 Å². The molecule has 0 bridgehead atoms. The third kappa shape index (κ3) is 4.90. The molecule has 0 unspecified atom stereocenters. The zero-order chi connectivity index (χ0) is 21.8. The fourth-order valence-corrected chi connectivity index (χ4v) is 5.50. The lowest BCUT2D eigenvalue weighted by molar-refractivity contribution is -0.140. The summed E-state index contributed by atoms with van der Waals surface area (Å²) in [7, 11) is 1.68. The molecule has 2 fully saturated rings. The van der Waals surface area contributed by atoms with E-state index in [2.05, 4.69) is 9.88 Å². The fourth-order valence-electron chi connectivity index (χ4n) is 4.31. The standard InChI is InChI=1S/C22H30N4O4S/c1-24(10-12-27)22(29)20-19(16-6-5-7-23-21(16)31-20)17-14-26(11-13-30-17)18(28)15-25-8-3-2-4-9-25/h5-7,17,27H,2-4,8-15H2,1H3/t17-/m0/s1. The van der Waals surface area contributed by atoms with Gasteiger partial charge in [-0.3, -0.25) is 14.5 Å². The van der Waals surface area contributed by atoms with Crippen molar-refractivity contribution in [2.75, 3.05) is 59.5 Å². The van der Waals surface area contributed by atoms with Gasteiger partial charge in [-0.25, -0.2) is 4.98 Å². The van der Waals surface area contributed by atoms with E-state index in [0.717, 1.165) is 41.7 Å². The van der Waals surface area contributed by atoms with Gasteiger partial charge in [-0.1, -0.05) is 12.5 Å². The summed E-state index contributed by atoms with van der Waals surface area (Å²) >= 11 is 1.34. The monoisotopic (exact) mass is 446 g/mol. The molecular weight excluding hydrogens is 416 g/mol. The molecule has 2 aromatic heterocycles. The molecule has 0 spiro atoms. The van der Waals surface area contributed by atoms with Gasteiger partial charge in [0.15, 0.2) is 0 Å². The molecule has 168 valence electrons. The van der Waals surface area contributed by atoms with Crippen molar-refractivity contribution in [1.82, 2.24) is 19.7 Å². The van der Waals surface area contributed by atoms with E-state index >= 15 is 0 Å². The van der Waals surface area contributed by atoms with E-state index in [1.807, 2.05) is 17.0 Å². The molecule has 2 aliphatic rings. The van der Waals surface area contributed by atoms with E-state index < -0.39 is 0 Å². The zero-order valence-corrected chi connectivity index (χ0v) is 18.8. The van der Waals surface area contributed by atoms with Crippen molar-refractivity contribution < 1.29 is 19.4 Å². The molecule has 4 rings (SSSR count). The van der Waals surface area contributed by atoms with Crippen LogP contribution in [0.1, 0.15) is 40.6 Å². The molecular formula is C22H30N4O4S. The summed E-state index contributed by atoms with van der Waals surface area (Å²) in [5.74, 6) is -0.0365. The van der Waals surface area contributed by atoms with E-state index in [0.29, 0.717) is 31.1 Å². The number of thiophene rings is 1. The molecule has 2 aliphatic heterocycles. The number of carbonyl (C=O) groups excluding carboxylic acids is 2. The van der Waals surface area contributed by atoms with Gasteiger partial charge in [0.25, 0.3) is 5.91 Å². The van der Waals surface area contributed by atoms with Crippen LogP contribution in [0, 0.1) is 0 Å². The summed E-state index contributed by atoms with van der Waals surface area (Å²) in [6.45, 7) is 4.00. The first-order chi connectivity index (χ1) is 15.1. The van der Waals surface area contributed by atoms with Gasteiger partial charge >= 0.3 is 0 Å². The molecule has 1 atom stereocenters. The molecule has 8 nitrogen and oxygen atoms in total. The van der Waals surface area contributed by atoms with E-state index in [1.165, 1.54) is 22.7 Å². The van der Waals surface area contributed by atoms with Crippen LogP contribution >= 0.6 is 11.3 Å². The number of hydrogen-bond acceptors (Lipinski definition) is 7. The number of nitrogens with zero attached hydrogens (tertiary/aromatic N) is 4. The lowest BCUT2D eigenvalue weighted by Crippen LogP contribution is -2.47. The van der Waals surface area contributed by atoms with Crippen LogP contribution in [0.2, 0.25) is 0 Å². The summed E-state index contributed by atoms with van der Waals surface area (Å²) in [4.78, 5) is 37.5. The Bertz CT molecular complexity index is 927. The van der Waals surface area contributed by atoms with Crippen LogP contribution in [-0.4, -0.2) is 96.1 Å². The van der Waals surface area contributed by atoms with Crippen LogP contribution in [0.15, 0.2) is 18.3 Å². The van der Waals surface area contributed by atoms with Crippen LogP contribution in [0.4, 0.5) is 0 Å². The summed E-state index contributed by atoms with van der Waals surface area (Å²) in [5, 5.41) is 10.1. The predicted molar refractivity (Wildman–Crippen MR) is 119 cm³/mol. The first-order valence-electron chi connectivity index (χ1n) is 10.9. The Morgan fingerprint density at radius 1 is 1.29 bits per heavy atom. The third-order valence-electron chi connectivity index (χ3n) is 6.03. The number of carbonyl (C=O) groups is 2. The van der Waals surface area contributed by atoms with Gasteiger partial charge in [-0.2, -0.15) is 0 Å². The Labute approximate surface area is 186 Å². The smallest absolute Gasteiger partial charge is 0.264 e. The number of ether oxygens (including phenoxy) is 1. The highest BCUT2D eigenvalue weighted by atomic mass is 32.1. The number of aliphatic hydroxyl groups excluding tert-OH is 1. The highest BCUT2D eigenvalue weighted by Crippen LogP contribution is 2.38. The van der Waals surface area contributed by atoms with Crippen molar-refractivity contribution in [2.45, 2.75) is 25.4 Å². The number of fused-ring (bicyclic) bond motifs is 1. The van der Waals surface area contributed by atoms with Gasteiger partial charge < -0.3 is 19.6 Å². The number of likely N-dealkylation sites (tertiary alicyclic amines) is 1. The second kappa shape index (κ2) is 10.0. The van der Waals surface area contributed by atoms with Crippen molar-refractivity contribution in [3.8, 4) is 0 Å². The number of rotatable bonds is 6. The summed E-state index contributed by atoms with van der Waals surface area (Å²) in [6.07, 6.45) is 4.88. The number of pyridine rings is 1. The maximum Gasteiger partial charge on any atom is 0.264 e. The van der Waals surface area contributed by atoms with Crippen LogP contribution in [0.25, 0.3) is 10.2 Å². The Morgan fingerprint density at radius 2 is 2.10 bits per heavy atom. The van der Waals surface area contributed by atoms with Crippen LogP contribution in [0.3, 0.4) is 0 Å². The Balaban J connectivity index is 1.57. The minimum atomic E-state index is -0.376. The normalized spacial score (nSPS) is 20.2. The molecule has 4 heterocycles.